The van der Waals surface area contributed by atoms with Gasteiger partial charge in [-0.05, 0) is 18.4 Å². The number of aryl methyl sites for hydroxylation is 1. The van der Waals surface area contributed by atoms with Crippen LogP contribution in [-0.4, -0.2) is 5.92 Å². The highest BCUT2D eigenvalue weighted by Crippen LogP contribution is 2.19. The first-order chi connectivity index (χ1) is 6.08. The van der Waals surface area contributed by atoms with Gasteiger partial charge in [0, 0.05) is 13.3 Å². The van der Waals surface area contributed by atoms with Crippen molar-refractivity contribution in [3.05, 3.63) is 42.8 Å². The maximum Gasteiger partial charge on any atom is 0.248 e. The predicted molar refractivity (Wildman–Crippen MR) is 49.7 cm³/mol. The molecule has 0 fully saturated rings. The molecule has 0 saturated heterocycles. The van der Waals surface area contributed by atoms with Gasteiger partial charge in [-0.2, -0.15) is 0 Å². The second-order valence-corrected chi connectivity index (χ2v) is 3.20. The van der Waals surface area contributed by atoms with E-state index in [4.69, 9.17) is 0 Å². The Morgan fingerprint density at radius 3 is 2.31 bits per heavy atom. The van der Waals surface area contributed by atoms with Crippen LogP contribution in [0.2, 0.25) is 0 Å². The van der Waals surface area contributed by atoms with E-state index in [0.717, 1.165) is 5.56 Å². The largest absolute Gasteiger partial charge is 0.248 e. The molecule has 1 rings (SSSR count). The Balaban J connectivity index is 2.29. The molecule has 1 aromatic carbocycles. The van der Waals surface area contributed by atoms with E-state index in [1.54, 1.807) is 0 Å². The average molecular weight is 183 g/mol. The number of alkyl halides is 2. The zero-order chi connectivity index (χ0) is 9.73. The zero-order valence-corrected chi connectivity index (χ0v) is 7.47. The molecule has 1 radical (unpaired) electrons. The molecule has 0 N–H and O–H groups in total. The molecule has 0 aliphatic heterocycles. The van der Waals surface area contributed by atoms with Crippen LogP contribution in [0.3, 0.4) is 0 Å². The molecule has 0 heterocycles. The summed E-state index contributed by atoms with van der Waals surface area (Å²) in [6.45, 7) is 2.77. The fraction of sp³-hybridized carbons (Fsp3) is 0.364. The number of benzene rings is 1. The third kappa shape index (κ3) is 4.61. The van der Waals surface area contributed by atoms with E-state index in [-0.39, 0.29) is 6.42 Å². The number of rotatable bonds is 4. The Morgan fingerprint density at radius 1 is 1.15 bits per heavy atom. The fourth-order valence-corrected chi connectivity index (χ4v) is 1.20. The molecule has 0 unspecified atom stereocenters. The third-order valence-corrected chi connectivity index (χ3v) is 1.85. The number of hydrogen-bond donors (Lipinski definition) is 0. The summed E-state index contributed by atoms with van der Waals surface area (Å²) >= 11 is 0. The summed E-state index contributed by atoms with van der Waals surface area (Å²) < 4.78 is 24.6. The highest BCUT2D eigenvalue weighted by Gasteiger charge is 2.19. The molecule has 1 aromatic rings. The summed E-state index contributed by atoms with van der Waals surface area (Å²) in [5, 5.41) is 0. The monoisotopic (exact) mass is 183 g/mol. The van der Waals surface area contributed by atoms with Gasteiger partial charge < -0.3 is 0 Å². The van der Waals surface area contributed by atoms with Gasteiger partial charge >= 0.3 is 0 Å². The Kier molecular flexibility index (Phi) is 3.40. The minimum Gasteiger partial charge on any atom is -0.207 e. The summed E-state index contributed by atoms with van der Waals surface area (Å²) in [6, 6.07) is 9.64. The van der Waals surface area contributed by atoms with Crippen LogP contribution in [0.4, 0.5) is 8.78 Å². The second-order valence-electron chi connectivity index (χ2n) is 3.20. The normalized spacial score (nSPS) is 11.6. The first kappa shape index (κ1) is 10.2. The molecule has 0 aliphatic rings. The molecular weight excluding hydrogens is 170 g/mol. The molecule has 13 heavy (non-hydrogen) atoms. The van der Waals surface area contributed by atoms with Crippen molar-refractivity contribution in [2.45, 2.75) is 25.2 Å². The molecular formula is C11H13F2. The van der Waals surface area contributed by atoms with Gasteiger partial charge in [0.25, 0.3) is 0 Å². The lowest BCUT2D eigenvalue weighted by Gasteiger charge is -2.08. The Bertz CT molecular complexity index is 236. The van der Waals surface area contributed by atoms with E-state index in [0.29, 0.717) is 12.8 Å². The minimum atomic E-state index is -2.77. The van der Waals surface area contributed by atoms with Gasteiger partial charge in [0.2, 0.25) is 5.92 Å². The molecule has 0 saturated carbocycles. The van der Waals surface area contributed by atoms with Gasteiger partial charge in [-0.3, -0.25) is 0 Å². The van der Waals surface area contributed by atoms with Crippen molar-refractivity contribution in [1.82, 2.24) is 0 Å². The van der Waals surface area contributed by atoms with E-state index in [1.807, 2.05) is 30.3 Å². The molecule has 0 atom stereocenters. The average Bonchev–Trinajstić information content (AvgIpc) is 2.04. The minimum absolute atomic E-state index is 0.137. The maximum atomic E-state index is 12.3. The number of halogens is 2. The van der Waals surface area contributed by atoms with Crippen molar-refractivity contribution >= 4 is 0 Å². The highest BCUT2D eigenvalue weighted by atomic mass is 19.3. The molecule has 0 aliphatic carbocycles. The van der Waals surface area contributed by atoms with E-state index in [2.05, 4.69) is 6.92 Å². The Morgan fingerprint density at radius 2 is 1.77 bits per heavy atom. The summed E-state index contributed by atoms with van der Waals surface area (Å²) in [5.41, 5.74) is 1.10. The van der Waals surface area contributed by atoms with E-state index in [1.165, 1.54) is 0 Å². The number of hydrogen-bond acceptors (Lipinski definition) is 0. The van der Waals surface area contributed by atoms with Crippen LogP contribution in [0.25, 0.3) is 0 Å². The first-order valence-corrected chi connectivity index (χ1v) is 4.35. The second kappa shape index (κ2) is 4.35. The zero-order valence-electron chi connectivity index (χ0n) is 7.47. The van der Waals surface area contributed by atoms with Crippen molar-refractivity contribution in [3.63, 3.8) is 0 Å². The SMILES string of the molecule is [CH2]C(F)(F)CCCc1ccccc1. The van der Waals surface area contributed by atoms with E-state index >= 15 is 0 Å². The first-order valence-electron chi connectivity index (χ1n) is 4.35. The van der Waals surface area contributed by atoms with Crippen molar-refractivity contribution in [1.29, 1.82) is 0 Å². The van der Waals surface area contributed by atoms with Crippen molar-refractivity contribution in [2.24, 2.45) is 0 Å². The van der Waals surface area contributed by atoms with Crippen LogP contribution in [-0.2, 0) is 6.42 Å². The highest BCUT2D eigenvalue weighted by molar-refractivity contribution is 5.14. The smallest absolute Gasteiger partial charge is 0.207 e. The Labute approximate surface area is 77.6 Å². The lowest BCUT2D eigenvalue weighted by atomic mass is 10.1. The summed E-state index contributed by atoms with van der Waals surface area (Å²) in [5.74, 6) is -2.77. The van der Waals surface area contributed by atoms with Gasteiger partial charge in [-0.25, -0.2) is 8.78 Å². The van der Waals surface area contributed by atoms with Crippen molar-refractivity contribution in [2.75, 3.05) is 0 Å². The van der Waals surface area contributed by atoms with Gasteiger partial charge in [-0.15, -0.1) is 0 Å². The van der Waals surface area contributed by atoms with Crippen LogP contribution in [0.5, 0.6) is 0 Å². The predicted octanol–water partition coefficient (Wildman–Crippen LogP) is 3.48. The van der Waals surface area contributed by atoms with Gasteiger partial charge in [0.1, 0.15) is 0 Å². The lowest BCUT2D eigenvalue weighted by molar-refractivity contribution is 0.0403. The van der Waals surface area contributed by atoms with Crippen LogP contribution in [0.15, 0.2) is 30.3 Å². The Hall–Kier alpha value is -0.920. The van der Waals surface area contributed by atoms with Crippen LogP contribution in [0.1, 0.15) is 18.4 Å². The van der Waals surface area contributed by atoms with Gasteiger partial charge in [0.05, 0.1) is 0 Å². The molecule has 2 heteroatoms. The fourth-order valence-electron chi connectivity index (χ4n) is 1.20. The third-order valence-electron chi connectivity index (χ3n) is 1.85. The van der Waals surface area contributed by atoms with Crippen LogP contribution < -0.4 is 0 Å². The van der Waals surface area contributed by atoms with Crippen LogP contribution >= 0.6 is 0 Å². The summed E-state index contributed by atoms with van der Waals surface area (Å²) in [4.78, 5) is 0. The maximum absolute atomic E-state index is 12.3. The van der Waals surface area contributed by atoms with E-state index < -0.39 is 5.92 Å². The lowest BCUT2D eigenvalue weighted by Crippen LogP contribution is -2.09. The standard InChI is InChI=1S/C11H13F2/c1-11(12,13)9-5-8-10-6-3-2-4-7-10/h2-4,6-7H,1,5,8-9H2. The molecule has 71 valence electrons. The van der Waals surface area contributed by atoms with Gasteiger partial charge in [-0.1, -0.05) is 30.3 Å². The molecule has 0 aromatic heterocycles. The molecule has 0 bridgehead atoms. The van der Waals surface area contributed by atoms with Crippen molar-refractivity contribution < 1.29 is 8.78 Å². The molecule has 0 spiro atoms. The summed E-state index contributed by atoms with van der Waals surface area (Å²) in [6.07, 6.45) is 1.05. The van der Waals surface area contributed by atoms with Crippen molar-refractivity contribution in [3.8, 4) is 0 Å². The summed E-state index contributed by atoms with van der Waals surface area (Å²) in [7, 11) is 0. The quantitative estimate of drug-likeness (QED) is 0.670. The molecule has 0 amide bonds. The van der Waals surface area contributed by atoms with E-state index in [9.17, 15) is 8.78 Å². The molecule has 0 nitrogen and oxygen atoms in total. The van der Waals surface area contributed by atoms with Crippen LogP contribution in [0, 0.1) is 6.92 Å². The van der Waals surface area contributed by atoms with Gasteiger partial charge in [0.15, 0.2) is 0 Å². The topological polar surface area (TPSA) is 0 Å².